The zero-order valence-corrected chi connectivity index (χ0v) is 15.5. The fourth-order valence-corrected chi connectivity index (χ4v) is 3.91. The van der Waals surface area contributed by atoms with Crippen molar-refractivity contribution in [3.63, 3.8) is 0 Å². The predicted molar refractivity (Wildman–Crippen MR) is 96.2 cm³/mol. The van der Waals surface area contributed by atoms with E-state index < -0.39 is 0 Å². The minimum atomic E-state index is -0.332. The van der Waals surface area contributed by atoms with Crippen molar-refractivity contribution in [3.05, 3.63) is 38.8 Å². The lowest BCUT2D eigenvalue weighted by molar-refractivity contribution is -0.145. The minimum Gasteiger partial charge on any atom is -0.465 e. The van der Waals surface area contributed by atoms with Crippen LogP contribution in [0.15, 0.2) is 16.9 Å². The van der Waals surface area contributed by atoms with Crippen LogP contribution in [0.2, 0.25) is 0 Å². The number of ether oxygens (including phenoxy) is 1. The Bertz CT molecular complexity index is 889. The van der Waals surface area contributed by atoms with E-state index in [2.05, 4.69) is 15.4 Å². The van der Waals surface area contributed by atoms with Crippen molar-refractivity contribution in [2.75, 3.05) is 11.9 Å². The second kappa shape index (κ2) is 7.77. The van der Waals surface area contributed by atoms with E-state index in [9.17, 15) is 14.4 Å². The maximum atomic E-state index is 12.2. The van der Waals surface area contributed by atoms with E-state index in [4.69, 9.17) is 4.74 Å². The zero-order valence-electron chi connectivity index (χ0n) is 14.7. The zero-order chi connectivity index (χ0) is 18.7. The van der Waals surface area contributed by atoms with Gasteiger partial charge in [-0.1, -0.05) is 0 Å². The number of thiazole rings is 1. The van der Waals surface area contributed by atoms with E-state index >= 15 is 0 Å². The summed E-state index contributed by atoms with van der Waals surface area (Å²) in [5.74, 6) is -0.766. The molecule has 0 saturated carbocycles. The molecule has 0 aliphatic heterocycles. The highest BCUT2D eigenvalue weighted by atomic mass is 32.1. The molecule has 0 spiro atoms. The number of hydrogen-bond donors (Lipinski definition) is 1. The average molecular weight is 376 g/mol. The summed E-state index contributed by atoms with van der Waals surface area (Å²) in [6, 6.07) is 3.05. The summed E-state index contributed by atoms with van der Waals surface area (Å²) in [7, 11) is 1.57. The fourth-order valence-electron chi connectivity index (χ4n) is 2.86. The van der Waals surface area contributed by atoms with Crippen LogP contribution < -0.4 is 10.9 Å². The van der Waals surface area contributed by atoms with E-state index in [0.717, 1.165) is 17.0 Å². The maximum absolute atomic E-state index is 12.2. The number of amides is 1. The second-order valence-electron chi connectivity index (χ2n) is 6.01. The molecule has 0 radical (unpaired) electrons. The molecule has 2 heterocycles. The van der Waals surface area contributed by atoms with Gasteiger partial charge in [-0.05, 0) is 25.8 Å². The Balaban J connectivity index is 1.58. The SMILES string of the molecule is CCOC(=O)C1CCc2sc(NC(=O)CCc3ccc(=O)n(C)n3)nc21. The molecule has 9 heteroatoms. The van der Waals surface area contributed by atoms with Gasteiger partial charge >= 0.3 is 5.97 Å². The van der Waals surface area contributed by atoms with E-state index in [1.807, 2.05) is 0 Å². The minimum absolute atomic E-state index is 0.180. The van der Waals surface area contributed by atoms with Gasteiger partial charge in [0.1, 0.15) is 5.92 Å². The van der Waals surface area contributed by atoms with Gasteiger partial charge in [0.2, 0.25) is 5.91 Å². The van der Waals surface area contributed by atoms with Crippen molar-refractivity contribution in [2.24, 2.45) is 7.05 Å². The molecule has 1 N–H and O–H groups in total. The van der Waals surface area contributed by atoms with Crippen molar-refractivity contribution in [1.82, 2.24) is 14.8 Å². The summed E-state index contributed by atoms with van der Waals surface area (Å²) < 4.78 is 6.33. The third kappa shape index (κ3) is 3.98. The summed E-state index contributed by atoms with van der Waals surface area (Å²) in [4.78, 5) is 40.9. The third-order valence-electron chi connectivity index (χ3n) is 4.16. The van der Waals surface area contributed by atoms with Crippen LogP contribution >= 0.6 is 11.3 Å². The largest absolute Gasteiger partial charge is 0.465 e. The van der Waals surface area contributed by atoms with Gasteiger partial charge in [0.05, 0.1) is 18.0 Å². The first-order valence-corrected chi connectivity index (χ1v) is 9.29. The van der Waals surface area contributed by atoms with Crippen LogP contribution in [0.3, 0.4) is 0 Å². The van der Waals surface area contributed by atoms with Crippen molar-refractivity contribution in [1.29, 1.82) is 0 Å². The average Bonchev–Trinajstić information content (AvgIpc) is 3.16. The predicted octanol–water partition coefficient (Wildman–Crippen LogP) is 1.40. The first-order valence-electron chi connectivity index (χ1n) is 8.47. The van der Waals surface area contributed by atoms with Crippen molar-refractivity contribution < 1.29 is 14.3 Å². The molecule has 1 atom stereocenters. The molecule has 0 saturated heterocycles. The van der Waals surface area contributed by atoms with Crippen molar-refractivity contribution in [2.45, 2.75) is 38.5 Å². The molecular formula is C17H20N4O4S. The molecule has 26 heavy (non-hydrogen) atoms. The summed E-state index contributed by atoms with van der Waals surface area (Å²) >= 11 is 1.40. The lowest BCUT2D eigenvalue weighted by atomic mass is 10.1. The Hall–Kier alpha value is -2.55. The van der Waals surface area contributed by atoms with Crippen molar-refractivity contribution >= 4 is 28.3 Å². The van der Waals surface area contributed by atoms with Crippen LogP contribution in [0.1, 0.15) is 41.9 Å². The second-order valence-corrected chi connectivity index (χ2v) is 7.09. The number of fused-ring (bicyclic) bond motifs is 1. The molecule has 0 fully saturated rings. The monoisotopic (exact) mass is 376 g/mol. The summed E-state index contributed by atoms with van der Waals surface area (Å²) in [6.45, 7) is 2.12. The van der Waals surface area contributed by atoms with Crippen LogP contribution in [0.4, 0.5) is 5.13 Å². The number of rotatable bonds is 6. The maximum Gasteiger partial charge on any atom is 0.315 e. The van der Waals surface area contributed by atoms with Gasteiger partial charge in [0, 0.05) is 30.8 Å². The van der Waals surface area contributed by atoms with Gasteiger partial charge in [-0.15, -0.1) is 11.3 Å². The summed E-state index contributed by atoms with van der Waals surface area (Å²) in [5, 5.41) is 7.38. The Morgan fingerprint density at radius 2 is 2.23 bits per heavy atom. The Morgan fingerprint density at radius 3 is 2.96 bits per heavy atom. The highest BCUT2D eigenvalue weighted by molar-refractivity contribution is 7.16. The van der Waals surface area contributed by atoms with Crippen LogP contribution in [-0.2, 0) is 34.2 Å². The lowest BCUT2D eigenvalue weighted by Gasteiger charge is -2.08. The quantitative estimate of drug-likeness (QED) is 0.765. The first-order chi connectivity index (χ1) is 12.5. The molecule has 0 aromatic carbocycles. The van der Waals surface area contributed by atoms with Gasteiger partial charge in [-0.3, -0.25) is 14.4 Å². The van der Waals surface area contributed by atoms with Gasteiger partial charge in [-0.25, -0.2) is 9.67 Å². The Labute approximate surface area is 154 Å². The Morgan fingerprint density at radius 1 is 1.42 bits per heavy atom. The molecule has 138 valence electrons. The molecule has 1 aliphatic rings. The van der Waals surface area contributed by atoms with Crippen LogP contribution in [0.5, 0.6) is 0 Å². The lowest BCUT2D eigenvalue weighted by Crippen LogP contribution is -2.20. The molecule has 1 unspecified atom stereocenters. The highest BCUT2D eigenvalue weighted by Gasteiger charge is 2.33. The third-order valence-corrected chi connectivity index (χ3v) is 5.21. The highest BCUT2D eigenvalue weighted by Crippen LogP contribution is 2.38. The first kappa shape index (κ1) is 18.2. The number of esters is 1. The van der Waals surface area contributed by atoms with Crippen LogP contribution in [0.25, 0.3) is 0 Å². The molecule has 2 aromatic heterocycles. The normalized spacial score (nSPS) is 15.5. The van der Waals surface area contributed by atoms with Gasteiger partial charge in [-0.2, -0.15) is 5.10 Å². The van der Waals surface area contributed by atoms with E-state index in [1.165, 1.54) is 22.1 Å². The number of nitrogens with one attached hydrogen (secondary N) is 1. The fraction of sp³-hybridized carbons (Fsp3) is 0.471. The number of carbonyl (C=O) groups is 2. The van der Waals surface area contributed by atoms with Crippen LogP contribution in [-0.4, -0.2) is 33.2 Å². The van der Waals surface area contributed by atoms with E-state index in [1.54, 1.807) is 20.0 Å². The van der Waals surface area contributed by atoms with E-state index in [0.29, 0.717) is 30.3 Å². The summed E-state index contributed by atoms with van der Waals surface area (Å²) in [5.41, 5.74) is 1.21. The van der Waals surface area contributed by atoms with Crippen LogP contribution in [0, 0.1) is 0 Å². The van der Waals surface area contributed by atoms with Gasteiger partial charge < -0.3 is 10.1 Å². The molecule has 1 amide bonds. The number of carbonyl (C=O) groups excluding carboxylic acids is 2. The molecular weight excluding hydrogens is 356 g/mol. The molecule has 3 rings (SSSR count). The van der Waals surface area contributed by atoms with Gasteiger partial charge in [0.25, 0.3) is 5.56 Å². The van der Waals surface area contributed by atoms with Gasteiger partial charge in [0.15, 0.2) is 5.13 Å². The molecule has 1 aliphatic carbocycles. The number of aryl methyl sites for hydroxylation is 3. The summed E-state index contributed by atoms with van der Waals surface area (Å²) in [6.07, 6.45) is 2.14. The Kier molecular flexibility index (Phi) is 5.46. The molecule has 8 nitrogen and oxygen atoms in total. The molecule has 0 bridgehead atoms. The number of aromatic nitrogens is 3. The standard InChI is InChI=1S/C17H20N4O4S/c1-3-25-16(24)11-6-7-12-15(11)19-17(26-12)18-13(22)8-4-10-5-9-14(23)21(2)20-10/h5,9,11H,3-4,6-8H2,1-2H3,(H,18,19,22). The topological polar surface area (TPSA) is 103 Å². The molecule has 2 aromatic rings. The number of nitrogens with zero attached hydrogens (tertiary/aromatic N) is 3. The van der Waals surface area contributed by atoms with E-state index in [-0.39, 0.29) is 29.8 Å². The number of anilines is 1. The smallest absolute Gasteiger partial charge is 0.315 e. The number of hydrogen-bond acceptors (Lipinski definition) is 7. The van der Waals surface area contributed by atoms with Crippen molar-refractivity contribution in [3.8, 4) is 0 Å².